The molecule has 4 rings (SSSR count). The molecule has 1 aliphatic carbocycles. The van der Waals surface area contributed by atoms with E-state index in [-0.39, 0.29) is 0 Å². The SMILES string of the molecule is CCC1CCc2c(sc(NC(=O)C3C4CCC(O4)C3C(=O)[O-])c2C(N)=O)C1. The van der Waals surface area contributed by atoms with Crippen molar-refractivity contribution in [3.05, 3.63) is 16.0 Å². The van der Waals surface area contributed by atoms with Crippen LogP contribution in [0.1, 0.15) is 53.4 Å². The number of anilines is 1. The summed E-state index contributed by atoms with van der Waals surface area (Å²) in [5.41, 5.74) is 6.92. The van der Waals surface area contributed by atoms with E-state index in [4.69, 9.17) is 10.5 Å². The van der Waals surface area contributed by atoms with Gasteiger partial charge in [-0.3, -0.25) is 9.59 Å². The van der Waals surface area contributed by atoms with Crippen molar-refractivity contribution >= 4 is 34.1 Å². The molecule has 5 atom stereocenters. The molecule has 5 unspecified atom stereocenters. The molecule has 3 N–H and O–H groups in total. The number of primary amides is 1. The molecule has 2 fully saturated rings. The standard InChI is InChI=1S/C19H24N2O5S/c1-2-8-3-4-9-12(7-8)27-18(13(9)16(20)22)21-17(23)14-10-5-6-11(26-10)15(14)19(24)25/h8,10-11,14-15H,2-7H2,1H3,(H2,20,22)(H,21,23)(H,24,25)/p-1. The molecule has 3 heterocycles. The third-order valence-electron chi connectivity index (χ3n) is 6.28. The van der Waals surface area contributed by atoms with Crippen LogP contribution in [0.25, 0.3) is 0 Å². The van der Waals surface area contributed by atoms with Gasteiger partial charge in [0.1, 0.15) is 5.00 Å². The number of carboxylic acid groups (broad SMARTS) is 1. The molecule has 146 valence electrons. The van der Waals surface area contributed by atoms with Gasteiger partial charge in [0.2, 0.25) is 5.91 Å². The lowest BCUT2D eigenvalue weighted by Crippen LogP contribution is -2.46. The maximum Gasteiger partial charge on any atom is 0.251 e. The number of thiophene rings is 1. The first kappa shape index (κ1) is 18.4. The van der Waals surface area contributed by atoms with Crippen LogP contribution >= 0.6 is 11.3 Å². The lowest BCUT2D eigenvalue weighted by Gasteiger charge is -2.27. The first-order chi connectivity index (χ1) is 12.9. The third kappa shape index (κ3) is 3.04. The normalized spacial score (nSPS) is 31.5. The molecule has 7 nitrogen and oxygen atoms in total. The highest BCUT2D eigenvalue weighted by Crippen LogP contribution is 2.45. The summed E-state index contributed by atoms with van der Waals surface area (Å²) in [4.78, 5) is 37.6. The van der Waals surface area contributed by atoms with Gasteiger partial charge in [-0.2, -0.15) is 0 Å². The number of fused-ring (bicyclic) bond motifs is 3. The molecule has 0 aromatic carbocycles. The fourth-order valence-electron chi connectivity index (χ4n) is 4.86. The van der Waals surface area contributed by atoms with E-state index in [1.807, 2.05) is 0 Å². The summed E-state index contributed by atoms with van der Waals surface area (Å²) >= 11 is 1.39. The zero-order chi connectivity index (χ0) is 19.3. The first-order valence-electron chi connectivity index (χ1n) is 9.52. The van der Waals surface area contributed by atoms with Crippen molar-refractivity contribution in [1.82, 2.24) is 0 Å². The second-order valence-electron chi connectivity index (χ2n) is 7.74. The maximum absolute atomic E-state index is 12.9. The highest BCUT2D eigenvalue weighted by Gasteiger charge is 2.53. The van der Waals surface area contributed by atoms with Crippen LogP contribution < -0.4 is 16.2 Å². The fraction of sp³-hybridized carbons (Fsp3) is 0.632. The number of rotatable bonds is 5. The Hall–Kier alpha value is -1.93. The number of hydrogen-bond acceptors (Lipinski definition) is 6. The molecule has 2 amide bonds. The molecule has 2 bridgehead atoms. The average Bonchev–Trinajstić information content (AvgIpc) is 3.32. The number of carboxylic acids is 1. The van der Waals surface area contributed by atoms with Gasteiger partial charge >= 0.3 is 0 Å². The molecule has 0 radical (unpaired) electrons. The summed E-state index contributed by atoms with van der Waals surface area (Å²) in [7, 11) is 0. The molecule has 1 aromatic heterocycles. The molecular weight excluding hydrogens is 368 g/mol. The number of aliphatic carboxylic acids is 1. The lowest BCUT2D eigenvalue weighted by atomic mass is 9.78. The van der Waals surface area contributed by atoms with Crippen LogP contribution in [-0.2, 0) is 27.2 Å². The summed E-state index contributed by atoms with van der Waals surface area (Å²) in [6.45, 7) is 2.15. The van der Waals surface area contributed by atoms with Gasteiger partial charge in [0.05, 0.1) is 23.7 Å². The van der Waals surface area contributed by atoms with E-state index in [1.54, 1.807) is 0 Å². The first-order valence-corrected chi connectivity index (χ1v) is 10.3. The number of hydrogen-bond donors (Lipinski definition) is 2. The number of nitrogens with two attached hydrogens (primary N) is 1. The smallest absolute Gasteiger partial charge is 0.251 e. The van der Waals surface area contributed by atoms with Crippen molar-refractivity contribution in [3.8, 4) is 0 Å². The van der Waals surface area contributed by atoms with Gasteiger partial charge in [-0.25, -0.2) is 0 Å². The Bertz CT molecular complexity index is 804. The van der Waals surface area contributed by atoms with Crippen LogP contribution in [0.3, 0.4) is 0 Å². The van der Waals surface area contributed by atoms with Crippen LogP contribution in [0.15, 0.2) is 0 Å². The van der Waals surface area contributed by atoms with E-state index < -0.39 is 41.8 Å². The quantitative estimate of drug-likeness (QED) is 0.770. The van der Waals surface area contributed by atoms with E-state index in [1.165, 1.54) is 11.3 Å². The topological polar surface area (TPSA) is 122 Å². The largest absolute Gasteiger partial charge is 0.550 e. The molecular formula is C19H23N2O5S-. The highest BCUT2D eigenvalue weighted by atomic mass is 32.1. The minimum Gasteiger partial charge on any atom is -0.550 e. The van der Waals surface area contributed by atoms with E-state index in [0.717, 1.165) is 36.1 Å². The number of nitrogens with one attached hydrogen (secondary N) is 1. The van der Waals surface area contributed by atoms with Crippen molar-refractivity contribution in [3.63, 3.8) is 0 Å². The number of amides is 2. The van der Waals surface area contributed by atoms with Gasteiger partial charge in [0, 0.05) is 16.8 Å². The number of carbonyl (C=O) groups excluding carboxylic acids is 3. The predicted molar refractivity (Wildman–Crippen MR) is 97.2 cm³/mol. The Balaban J connectivity index is 1.61. The molecule has 0 spiro atoms. The molecule has 0 saturated carbocycles. The molecule has 3 aliphatic rings. The van der Waals surface area contributed by atoms with Crippen LogP contribution in [0.4, 0.5) is 5.00 Å². The summed E-state index contributed by atoms with van der Waals surface area (Å²) in [5, 5.41) is 14.8. The van der Waals surface area contributed by atoms with E-state index in [0.29, 0.717) is 29.3 Å². The van der Waals surface area contributed by atoms with Crippen LogP contribution in [0, 0.1) is 17.8 Å². The van der Waals surface area contributed by atoms with Gasteiger partial charge in [-0.05, 0) is 43.6 Å². The minimum atomic E-state index is -1.26. The van der Waals surface area contributed by atoms with Gasteiger partial charge in [0.25, 0.3) is 5.91 Å². The van der Waals surface area contributed by atoms with Gasteiger partial charge in [0.15, 0.2) is 0 Å². The Labute approximate surface area is 161 Å². The molecule has 2 saturated heterocycles. The van der Waals surface area contributed by atoms with Crippen molar-refractivity contribution in [2.45, 2.75) is 57.7 Å². The lowest BCUT2D eigenvalue weighted by molar-refractivity contribution is -0.313. The third-order valence-corrected chi connectivity index (χ3v) is 7.45. The summed E-state index contributed by atoms with van der Waals surface area (Å²) < 4.78 is 5.64. The zero-order valence-corrected chi connectivity index (χ0v) is 16.0. The fourth-order valence-corrected chi connectivity index (χ4v) is 6.23. The van der Waals surface area contributed by atoms with Gasteiger partial charge in [-0.1, -0.05) is 13.3 Å². The van der Waals surface area contributed by atoms with Crippen LogP contribution in [-0.4, -0.2) is 30.0 Å². The number of ether oxygens (including phenoxy) is 1. The summed E-state index contributed by atoms with van der Waals surface area (Å²) in [5.74, 6) is -3.41. The second kappa shape index (κ2) is 6.91. The molecule has 27 heavy (non-hydrogen) atoms. The maximum atomic E-state index is 12.9. The van der Waals surface area contributed by atoms with Crippen molar-refractivity contribution in [2.24, 2.45) is 23.5 Å². The Morgan fingerprint density at radius 1 is 1.22 bits per heavy atom. The van der Waals surface area contributed by atoms with E-state index >= 15 is 0 Å². The second-order valence-corrected chi connectivity index (χ2v) is 8.84. The van der Waals surface area contributed by atoms with E-state index in [2.05, 4.69) is 12.2 Å². The molecule has 2 aliphatic heterocycles. The Morgan fingerprint density at radius 2 is 1.93 bits per heavy atom. The minimum absolute atomic E-state index is 0.381. The van der Waals surface area contributed by atoms with E-state index in [9.17, 15) is 19.5 Å². The van der Waals surface area contributed by atoms with Gasteiger partial charge < -0.3 is 25.7 Å². The van der Waals surface area contributed by atoms with Crippen molar-refractivity contribution < 1.29 is 24.2 Å². The molecule has 1 aromatic rings. The van der Waals surface area contributed by atoms with Crippen LogP contribution in [0.5, 0.6) is 0 Å². The monoisotopic (exact) mass is 391 g/mol. The Kier molecular flexibility index (Phi) is 4.71. The van der Waals surface area contributed by atoms with Gasteiger partial charge in [-0.15, -0.1) is 11.3 Å². The zero-order valence-electron chi connectivity index (χ0n) is 15.2. The summed E-state index contributed by atoms with van der Waals surface area (Å²) in [6.07, 6.45) is 4.15. The predicted octanol–water partition coefficient (Wildman–Crippen LogP) is 0.844. The average molecular weight is 391 g/mol. The van der Waals surface area contributed by atoms with Crippen LogP contribution in [0.2, 0.25) is 0 Å². The Morgan fingerprint density at radius 3 is 2.56 bits per heavy atom. The highest BCUT2D eigenvalue weighted by molar-refractivity contribution is 7.17. The van der Waals surface area contributed by atoms with Crippen molar-refractivity contribution in [2.75, 3.05) is 5.32 Å². The summed E-state index contributed by atoms with van der Waals surface area (Å²) in [6, 6.07) is 0. The number of carbonyl (C=O) groups is 3. The van der Waals surface area contributed by atoms with Crippen molar-refractivity contribution in [1.29, 1.82) is 0 Å². The molecule has 8 heteroatoms.